The molecule has 2 aromatic carbocycles. The molecule has 0 saturated carbocycles. The summed E-state index contributed by atoms with van der Waals surface area (Å²) in [5.41, 5.74) is 2.65. The van der Waals surface area contributed by atoms with Crippen LogP contribution in [0.25, 0.3) is 11.5 Å². The Balaban J connectivity index is 1.63. The summed E-state index contributed by atoms with van der Waals surface area (Å²) in [6.45, 7) is 7.43. The zero-order chi connectivity index (χ0) is 24.7. The minimum atomic E-state index is -1.11. The number of carboxylic acid groups (broad SMARTS) is 1. The van der Waals surface area contributed by atoms with Gasteiger partial charge in [-0.1, -0.05) is 49.3 Å². The van der Waals surface area contributed by atoms with Gasteiger partial charge in [-0.05, 0) is 49.1 Å². The largest absolute Gasteiger partial charge is 0.485 e. The summed E-state index contributed by atoms with van der Waals surface area (Å²) in [5, 5.41) is 13.2. The molecule has 0 aliphatic rings. The number of hydrogen-bond donors (Lipinski definition) is 1. The van der Waals surface area contributed by atoms with E-state index in [1.54, 1.807) is 31.2 Å². The van der Waals surface area contributed by atoms with Crippen LogP contribution in [0.15, 0.2) is 53.1 Å². The molecule has 0 radical (unpaired) electrons. The first-order chi connectivity index (χ1) is 16.2. The molecule has 1 heterocycles. The first-order valence-corrected chi connectivity index (χ1v) is 11.0. The smallest absolute Gasteiger partial charge is 0.410 e. The minimum Gasteiger partial charge on any atom is -0.485 e. The number of carbonyl (C=O) groups is 2. The van der Waals surface area contributed by atoms with E-state index in [-0.39, 0.29) is 19.1 Å². The average molecular weight is 468 g/mol. The number of ether oxygens (including phenoxy) is 2. The van der Waals surface area contributed by atoms with Crippen LogP contribution in [0.2, 0.25) is 0 Å². The maximum Gasteiger partial charge on any atom is 0.410 e. The molecule has 0 aliphatic carbocycles. The number of hydrogen-bond acceptors (Lipinski definition) is 7. The van der Waals surface area contributed by atoms with E-state index in [1.165, 1.54) is 4.90 Å². The van der Waals surface area contributed by atoms with Gasteiger partial charge in [0.15, 0.2) is 6.61 Å². The van der Waals surface area contributed by atoms with Crippen molar-refractivity contribution in [2.45, 2.75) is 40.3 Å². The van der Waals surface area contributed by atoms with Crippen LogP contribution in [0.5, 0.6) is 5.75 Å². The summed E-state index contributed by atoms with van der Waals surface area (Å²) in [5.74, 6) is 0.457. The first-order valence-electron chi connectivity index (χ1n) is 11.0. The van der Waals surface area contributed by atoms with Gasteiger partial charge >= 0.3 is 12.1 Å². The highest BCUT2D eigenvalue weighted by molar-refractivity contribution is 5.77. The fourth-order valence-corrected chi connectivity index (χ4v) is 3.23. The summed E-state index contributed by atoms with van der Waals surface area (Å²) >= 11 is 0. The van der Waals surface area contributed by atoms with Gasteiger partial charge in [0, 0.05) is 5.56 Å². The molecule has 3 aromatic rings. The monoisotopic (exact) mass is 467 g/mol. The number of carboxylic acids is 1. The number of nitrogens with zero attached hydrogens (tertiary/aromatic N) is 3. The molecular weight excluding hydrogens is 438 g/mol. The van der Waals surface area contributed by atoms with Gasteiger partial charge in [-0.3, -0.25) is 9.69 Å². The van der Waals surface area contributed by atoms with Crippen LogP contribution in [0.4, 0.5) is 4.79 Å². The molecule has 9 heteroatoms. The van der Waals surface area contributed by atoms with Gasteiger partial charge in [0.25, 0.3) is 5.89 Å². The lowest BCUT2D eigenvalue weighted by molar-refractivity contribution is -0.138. The molecule has 3 rings (SSSR count). The summed E-state index contributed by atoms with van der Waals surface area (Å²) in [7, 11) is 0. The lowest BCUT2D eigenvalue weighted by atomic mass is 10.1. The highest BCUT2D eigenvalue weighted by Crippen LogP contribution is 2.25. The highest BCUT2D eigenvalue weighted by Gasteiger charge is 2.25. The highest BCUT2D eigenvalue weighted by atomic mass is 16.6. The maximum absolute atomic E-state index is 12.4. The third kappa shape index (κ3) is 6.57. The van der Waals surface area contributed by atoms with Crippen LogP contribution in [0.1, 0.15) is 43.8 Å². The van der Waals surface area contributed by atoms with Gasteiger partial charge in [0.2, 0.25) is 5.82 Å². The predicted molar refractivity (Wildman–Crippen MR) is 124 cm³/mol. The molecule has 0 bridgehead atoms. The van der Waals surface area contributed by atoms with Gasteiger partial charge in [-0.2, -0.15) is 4.98 Å². The van der Waals surface area contributed by atoms with Crippen molar-refractivity contribution in [1.29, 1.82) is 0 Å². The van der Waals surface area contributed by atoms with E-state index in [1.807, 2.05) is 45.0 Å². The number of rotatable bonds is 10. The van der Waals surface area contributed by atoms with E-state index in [0.717, 1.165) is 16.7 Å². The number of carbonyl (C=O) groups excluding carboxylic acids is 1. The third-order valence-electron chi connectivity index (χ3n) is 5.12. The number of aromatic nitrogens is 2. The predicted octanol–water partition coefficient (Wildman–Crippen LogP) is 4.86. The number of amides is 1. The molecule has 9 nitrogen and oxygen atoms in total. The van der Waals surface area contributed by atoms with Gasteiger partial charge < -0.3 is 19.1 Å². The molecule has 0 fully saturated rings. The second kappa shape index (κ2) is 11.3. The van der Waals surface area contributed by atoms with E-state index < -0.39 is 24.6 Å². The van der Waals surface area contributed by atoms with Crippen molar-refractivity contribution in [3.8, 4) is 17.2 Å². The van der Waals surface area contributed by atoms with E-state index >= 15 is 0 Å². The summed E-state index contributed by atoms with van der Waals surface area (Å²) in [6.07, 6.45) is -0.662. The van der Waals surface area contributed by atoms with Crippen LogP contribution < -0.4 is 4.74 Å². The lowest BCUT2D eigenvalue weighted by Crippen LogP contribution is -2.38. The van der Waals surface area contributed by atoms with Gasteiger partial charge in [-0.15, -0.1) is 0 Å². The molecule has 0 aliphatic heterocycles. The minimum absolute atomic E-state index is 0.122. The van der Waals surface area contributed by atoms with E-state index in [0.29, 0.717) is 17.5 Å². The van der Waals surface area contributed by atoms with Crippen molar-refractivity contribution in [3.63, 3.8) is 0 Å². The fourth-order valence-electron chi connectivity index (χ4n) is 3.23. The van der Waals surface area contributed by atoms with Crippen LogP contribution in [0.3, 0.4) is 0 Å². The fraction of sp³-hybridized carbons (Fsp3) is 0.360. The van der Waals surface area contributed by atoms with E-state index in [9.17, 15) is 14.7 Å². The van der Waals surface area contributed by atoms with Crippen LogP contribution in [-0.2, 0) is 16.1 Å². The van der Waals surface area contributed by atoms with Crippen LogP contribution >= 0.6 is 0 Å². The van der Waals surface area contributed by atoms with E-state index in [4.69, 9.17) is 14.0 Å². The van der Waals surface area contributed by atoms with Crippen LogP contribution in [0, 0.1) is 12.8 Å². The Morgan fingerprint density at radius 3 is 2.44 bits per heavy atom. The second-order valence-corrected chi connectivity index (χ2v) is 8.36. The standard InChI is InChI=1S/C25H29N3O6/c1-16(2)14-33-25(31)28(13-23(29)30)18(4)19-9-11-20(12-10-19)32-15-22-26-24(34-27-22)21-8-6-5-7-17(21)3/h5-12,16,18H,13-15H2,1-4H3,(H,29,30)/t18-/m0/s1. The van der Waals surface area contributed by atoms with Crippen LogP contribution in [-0.4, -0.2) is 45.4 Å². The van der Waals surface area contributed by atoms with E-state index in [2.05, 4.69) is 10.1 Å². The zero-order valence-corrected chi connectivity index (χ0v) is 19.7. The summed E-state index contributed by atoms with van der Waals surface area (Å²) < 4.78 is 16.3. The summed E-state index contributed by atoms with van der Waals surface area (Å²) in [4.78, 5) is 29.3. The average Bonchev–Trinajstić information content (AvgIpc) is 3.28. The Morgan fingerprint density at radius 1 is 1.09 bits per heavy atom. The second-order valence-electron chi connectivity index (χ2n) is 8.36. The number of aryl methyl sites for hydroxylation is 1. The molecule has 1 aromatic heterocycles. The van der Waals surface area contributed by atoms with Crippen molar-refractivity contribution >= 4 is 12.1 Å². The topological polar surface area (TPSA) is 115 Å². The van der Waals surface area contributed by atoms with Gasteiger partial charge in [0.1, 0.15) is 12.3 Å². The Morgan fingerprint density at radius 2 is 1.79 bits per heavy atom. The number of benzene rings is 2. The molecular formula is C25H29N3O6. The lowest BCUT2D eigenvalue weighted by Gasteiger charge is -2.27. The van der Waals surface area contributed by atoms with Crippen molar-refractivity contribution in [3.05, 3.63) is 65.5 Å². The SMILES string of the molecule is Cc1ccccc1-c1nc(COc2ccc([C@H](C)N(CC(=O)O)C(=O)OCC(C)C)cc2)no1. The number of aliphatic carboxylic acids is 1. The van der Waals surface area contributed by atoms with Crippen molar-refractivity contribution in [2.75, 3.05) is 13.2 Å². The Kier molecular flexibility index (Phi) is 8.24. The zero-order valence-electron chi connectivity index (χ0n) is 19.7. The van der Waals surface area contributed by atoms with Crippen molar-refractivity contribution < 1.29 is 28.7 Å². The Labute approximate surface area is 198 Å². The molecule has 1 amide bonds. The first kappa shape index (κ1) is 24.8. The van der Waals surface area contributed by atoms with Gasteiger partial charge in [0.05, 0.1) is 12.6 Å². The molecule has 0 saturated heterocycles. The molecule has 0 unspecified atom stereocenters. The van der Waals surface area contributed by atoms with Crippen molar-refractivity contribution in [1.82, 2.24) is 15.0 Å². The maximum atomic E-state index is 12.4. The van der Waals surface area contributed by atoms with Crippen molar-refractivity contribution in [2.24, 2.45) is 5.92 Å². The normalized spacial score (nSPS) is 11.8. The molecule has 0 spiro atoms. The molecule has 1 atom stereocenters. The van der Waals surface area contributed by atoms with Gasteiger partial charge in [-0.25, -0.2) is 4.79 Å². The quantitative estimate of drug-likeness (QED) is 0.449. The summed E-state index contributed by atoms with van der Waals surface area (Å²) in [6, 6.07) is 14.3. The molecule has 1 N–H and O–H groups in total. The molecule has 34 heavy (non-hydrogen) atoms. The molecule has 180 valence electrons. The Hall–Kier alpha value is -3.88. The Bertz CT molecular complexity index is 1110. The third-order valence-corrected chi connectivity index (χ3v) is 5.12.